The molecule has 6 nitrogen and oxygen atoms in total. The third-order valence-electron chi connectivity index (χ3n) is 3.42. The number of guanidine groups is 1. The number of nitrogens with one attached hydrogen (secondary N) is 2. The summed E-state index contributed by atoms with van der Waals surface area (Å²) in [6, 6.07) is 5.93. The average molecular weight is 351 g/mol. The largest absolute Gasteiger partial charge is 0.493 e. The van der Waals surface area contributed by atoms with Crippen LogP contribution in [0.3, 0.4) is 0 Å². The van der Waals surface area contributed by atoms with Crippen LogP contribution in [0.4, 0.5) is 0 Å². The fourth-order valence-corrected chi connectivity index (χ4v) is 2.20. The lowest BCUT2D eigenvalue weighted by molar-refractivity contribution is 0.108. The summed E-state index contributed by atoms with van der Waals surface area (Å²) in [4.78, 5) is 4.24. The third kappa shape index (κ3) is 8.63. The topological polar surface area (TPSA) is 64.1 Å². The Morgan fingerprint density at radius 2 is 2.00 bits per heavy atom. The SMILES string of the molecule is CCOc1ccc(CNC(=NC)NCCCOCC(C)C)cc1OC. The number of nitrogens with zero attached hydrogens (tertiary/aromatic N) is 1. The highest BCUT2D eigenvalue weighted by Gasteiger charge is 2.06. The zero-order chi connectivity index (χ0) is 18.5. The van der Waals surface area contributed by atoms with E-state index in [-0.39, 0.29) is 0 Å². The Bertz CT molecular complexity index is 519. The van der Waals surface area contributed by atoms with Gasteiger partial charge in [-0.2, -0.15) is 0 Å². The molecule has 6 heteroatoms. The van der Waals surface area contributed by atoms with Crippen LogP contribution in [-0.4, -0.2) is 46.5 Å². The molecule has 142 valence electrons. The third-order valence-corrected chi connectivity index (χ3v) is 3.42. The summed E-state index contributed by atoms with van der Waals surface area (Å²) in [7, 11) is 3.42. The van der Waals surface area contributed by atoms with Gasteiger partial charge in [0.05, 0.1) is 13.7 Å². The molecule has 0 aromatic heterocycles. The molecule has 0 radical (unpaired) electrons. The van der Waals surface area contributed by atoms with Crippen molar-refractivity contribution in [2.24, 2.45) is 10.9 Å². The maximum atomic E-state index is 5.57. The maximum Gasteiger partial charge on any atom is 0.191 e. The standard InChI is InChI=1S/C19H33N3O3/c1-6-25-17-9-8-16(12-18(17)23-5)13-22-19(20-4)21-10-7-11-24-14-15(2)3/h8-9,12,15H,6-7,10-11,13-14H2,1-5H3,(H2,20,21,22). The summed E-state index contributed by atoms with van der Waals surface area (Å²) in [6.45, 7) is 9.94. The fourth-order valence-electron chi connectivity index (χ4n) is 2.20. The van der Waals surface area contributed by atoms with Gasteiger partial charge in [0.15, 0.2) is 17.5 Å². The van der Waals surface area contributed by atoms with Gasteiger partial charge in [-0.25, -0.2) is 0 Å². The quantitative estimate of drug-likeness (QED) is 0.365. The molecule has 0 amide bonds. The van der Waals surface area contributed by atoms with E-state index in [0.717, 1.165) is 49.2 Å². The number of hydrogen-bond donors (Lipinski definition) is 2. The second-order valence-electron chi connectivity index (χ2n) is 6.09. The summed E-state index contributed by atoms with van der Waals surface area (Å²) in [6.07, 6.45) is 0.949. The first-order valence-corrected chi connectivity index (χ1v) is 8.92. The van der Waals surface area contributed by atoms with E-state index in [1.807, 2.05) is 25.1 Å². The van der Waals surface area contributed by atoms with E-state index in [9.17, 15) is 0 Å². The summed E-state index contributed by atoms with van der Waals surface area (Å²) < 4.78 is 16.5. The van der Waals surface area contributed by atoms with Crippen molar-refractivity contribution in [2.75, 3.05) is 40.5 Å². The van der Waals surface area contributed by atoms with Crippen molar-refractivity contribution in [1.29, 1.82) is 0 Å². The van der Waals surface area contributed by atoms with Gasteiger partial charge in [-0.1, -0.05) is 19.9 Å². The zero-order valence-electron chi connectivity index (χ0n) is 16.2. The molecular weight excluding hydrogens is 318 g/mol. The molecule has 0 unspecified atom stereocenters. The monoisotopic (exact) mass is 351 g/mol. The molecule has 0 aliphatic heterocycles. The van der Waals surface area contributed by atoms with Crippen LogP contribution in [0.2, 0.25) is 0 Å². The summed E-state index contributed by atoms with van der Waals surface area (Å²) in [5.41, 5.74) is 1.10. The van der Waals surface area contributed by atoms with Gasteiger partial charge in [0, 0.05) is 33.4 Å². The van der Waals surface area contributed by atoms with Gasteiger partial charge >= 0.3 is 0 Å². The van der Waals surface area contributed by atoms with Crippen LogP contribution in [0.15, 0.2) is 23.2 Å². The fraction of sp³-hybridized carbons (Fsp3) is 0.632. The molecule has 0 heterocycles. The highest BCUT2D eigenvalue weighted by Crippen LogP contribution is 2.27. The molecule has 0 spiro atoms. The Morgan fingerprint density at radius 1 is 1.20 bits per heavy atom. The number of benzene rings is 1. The molecule has 1 aromatic rings. The second-order valence-corrected chi connectivity index (χ2v) is 6.09. The molecule has 0 bridgehead atoms. The lowest BCUT2D eigenvalue weighted by atomic mass is 10.2. The van der Waals surface area contributed by atoms with E-state index >= 15 is 0 Å². The molecule has 0 aliphatic carbocycles. The Kier molecular flexibility index (Phi) is 10.5. The van der Waals surface area contributed by atoms with Crippen LogP contribution in [0.1, 0.15) is 32.8 Å². The van der Waals surface area contributed by atoms with Crippen LogP contribution >= 0.6 is 0 Å². The van der Waals surface area contributed by atoms with Gasteiger partial charge in [-0.15, -0.1) is 0 Å². The van der Waals surface area contributed by atoms with Crippen LogP contribution in [-0.2, 0) is 11.3 Å². The van der Waals surface area contributed by atoms with Crippen LogP contribution in [0.25, 0.3) is 0 Å². The van der Waals surface area contributed by atoms with Gasteiger partial charge in [0.2, 0.25) is 0 Å². The van der Waals surface area contributed by atoms with E-state index in [1.54, 1.807) is 14.2 Å². The second kappa shape index (κ2) is 12.4. The van der Waals surface area contributed by atoms with E-state index in [2.05, 4.69) is 29.5 Å². The Balaban J connectivity index is 2.37. The molecule has 0 saturated carbocycles. The van der Waals surface area contributed by atoms with Gasteiger partial charge in [0.1, 0.15) is 0 Å². The van der Waals surface area contributed by atoms with E-state index in [1.165, 1.54) is 0 Å². The number of hydrogen-bond acceptors (Lipinski definition) is 4. The first-order chi connectivity index (χ1) is 12.1. The lowest BCUT2D eigenvalue weighted by Crippen LogP contribution is -2.37. The molecule has 0 saturated heterocycles. The van der Waals surface area contributed by atoms with E-state index in [0.29, 0.717) is 19.1 Å². The van der Waals surface area contributed by atoms with Gasteiger partial charge in [-0.3, -0.25) is 4.99 Å². The number of ether oxygens (including phenoxy) is 3. The minimum absolute atomic E-state index is 0.577. The Hall–Kier alpha value is -1.95. The van der Waals surface area contributed by atoms with Crippen molar-refractivity contribution < 1.29 is 14.2 Å². The molecule has 0 aliphatic rings. The minimum Gasteiger partial charge on any atom is -0.493 e. The first-order valence-electron chi connectivity index (χ1n) is 8.92. The first kappa shape index (κ1) is 21.1. The molecule has 25 heavy (non-hydrogen) atoms. The molecule has 0 atom stereocenters. The van der Waals surface area contributed by atoms with E-state index < -0.39 is 0 Å². The van der Waals surface area contributed by atoms with Crippen LogP contribution < -0.4 is 20.1 Å². The molecule has 2 N–H and O–H groups in total. The van der Waals surface area contributed by atoms with Gasteiger partial charge < -0.3 is 24.8 Å². The summed E-state index contributed by atoms with van der Waals surface area (Å²) >= 11 is 0. The van der Waals surface area contributed by atoms with Crippen LogP contribution in [0, 0.1) is 5.92 Å². The van der Waals surface area contributed by atoms with Crippen molar-refractivity contribution in [2.45, 2.75) is 33.7 Å². The van der Waals surface area contributed by atoms with Gasteiger partial charge in [-0.05, 0) is 37.0 Å². The molecule has 1 rings (SSSR count). The van der Waals surface area contributed by atoms with Crippen molar-refractivity contribution in [1.82, 2.24) is 10.6 Å². The predicted octanol–water partition coefficient (Wildman–Crippen LogP) is 2.82. The predicted molar refractivity (Wildman–Crippen MR) is 103 cm³/mol. The lowest BCUT2D eigenvalue weighted by Gasteiger charge is -2.14. The highest BCUT2D eigenvalue weighted by molar-refractivity contribution is 5.79. The van der Waals surface area contributed by atoms with E-state index in [4.69, 9.17) is 14.2 Å². The Morgan fingerprint density at radius 3 is 2.64 bits per heavy atom. The summed E-state index contributed by atoms with van der Waals surface area (Å²) in [5, 5.41) is 6.59. The Labute approximate surface area is 152 Å². The van der Waals surface area contributed by atoms with Crippen molar-refractivity contribution >= 4 is 5.96 Å². The molecule has 0 fully saturated rings. The molecule has 1 aromatic carbocycles. The smallest absolute Gasteiger partial charge is 0.191 e. The summed E-state index contributed by atoms with van der Waals surface area (Å²) in [5.74, 6) is 2.86. The molecular formula is C19H33N3O3. The average Bonchev–Trinajstić information content (AvgIpc) is 2.61. The van der Waals surface area contributed by atoms with Crippen molar-refractivity contribution in [3.05, 3.63) is 23.8 Å². The number of rotatable bonds is 11. The normalized spacial score (nSPS) is 11.5. The minimum atomic E-state index is 0.577. The highest BCUT2D eigenvalue weighted by atomic mass is 16.5. The van der Waals surface area contributed by atoms with Crippen molar-refractivity contribution in [3.8, 4) is 11.5 Å². The van der Waals surface area contributed by atoms with Gasteiger partial charge in [0.25, 0.3) is 0 Å². The maximum absolute atomic E-state index is 5.57. The van der Waals surface area contributed by atoms with Crippen molar-refractivity contribution in [3.63, 3.8) is 0 Å². The number of methoxy groups -OCH3 is 1. The number of aliphatic imine (C=N–C) groups is 1. The van der Waals surface area contributed by atoms with Crippen LogP contribution in [0.5, 0.6) is 11.5 Å². The zero-order valence-corrected chi connectivity index (χ0v) is 16.2.